The first kappa shape index (κ1) is 9.76. The van der Waals surface area contributed by atoms with Gasteiger partial charge in [-0.1, -0.05) is 49.3 Å². The van der Waals surface area contributed by atoms with Gasteiger partial charge in [-0.05, 0) is 37.5 Å². The number of rotatable bonds is 0. The topological polar surface area (TPSA) is 0 Å². The monoisotopic (exact) mass is 188 g/mol. The molecular formula is C14H20. The third kappa shape index (κ3) is 2.60. The maximum atomic E-state index is 2.47. The minimum absolute atomic E-state index is 0.808. The van der Waals surface area contributed by atoms with Gasteiger partial charge in [0.15, 0.2) is 0 Å². The van der Waals surface area contributed by atoms with E-state index in [1.807, 2.05) is 0 Å². The van der Waals surface area contributed by atoms with Crippen LogP contribution >= 0.6 is 0 Å². The van der Waals surface area contributed by atoms with Crippen LogP contribution < -0.4 is 0 Å². The van der Waals surface area contributed by atoms with Crippen molar-refractivity contribution in [2.24, 2.45) is 11.8 Å². The van der Waals surface area contributed by atoms with Crippen LogP contribution in [0.25, 0.3) is 0 Å². The van der Waals surface area contributed by atoms with Crippen molar-refractivity contribution in [2.75, 3.05) is 0 Å². The molecular weight excluding hydrogens is 168 g/mol. The van der Waals surface area contributed by atoms with Gasteiger partial charge >= 0.3 is 0 Å². The Bertz CT molecular complexity index is 245. The van der Waals surface area contributed by atoms with Crippen LogP contribution in [0.3, 0.4) is 0 Å². The van der Waals surface area contributed by atoms with Crippen molar-refractivity contribution in [3.63, 3.8) is 0 Å². The van der Waals surface area contributed by atoms with Crippen molar-refractivity contribution >= 4 is 0 Å². The molecule has 2 atom stereocenters. The second-order valence-electron chi connectivity index (χ2n) is 4.43. The molecule has 0 aromatic carbocycles. The Morgan fingerprint density at radius 3 is 2.29 bits per heavy atom. The maximum absolute atomic E-state index is 2.47. The van der Waals surface area contributed by atoms with Crippen LogP contribution in [0.2, 0.25) is 0 Å². The van der Waals surface area contributed by atoms with Crippen LogP contribution in [0.5, 0.6) is 0 Å². The third-order valence-corrected chi connectivity index (χ3v) is 3.36. The number of fused-ring (bicyclic) bond motifs is 1. The van der Waals surface area contributed by atoms with Gasteiger partial charge in [0, 0.05) is 0 Å². The fourth-order valence-corrected chi connectivity index (χ4v) is 2.51. The summed E-state index contributed by atoms with van der Waals surface area (Å²) in [5.74, 6) is 1.63. The highest BCUT2D eigenvalue weighted by molar-refractivity contribution is 5.09. The summed E-state index contributed by atoms with van der Waals surface area (Å²) in [6.07, 6.45) is 22.0. The summed E-state index contributed by atoms with van der Waals surface area (Å²) in [4.78, 5) is 0. The standard InChI is InChI=1S/C14H20/c1-2-4-6-10-14-12-8-7-11-13(14)9-5-3-1/h1,3,5-6,9-10,13-14H,2,4,7-8,11-12H2/b3-1+,9-5-,10-6+/t13-,14-/m0/s1. The van der Waals surface area contributed by atoms with Crippen LogP contribution in [0, 0.1) is 11.8 Å². The molecule has 2 aliphatic rings. The molecule has 0 aliphatic heterocycles. The molecule has 2 aliphatic carbocycles. The minimum Gasteiger partial charge on any atom is -0.0879 e. The van der Waals surface area contributed by atoms with Crippen LogP contribution in [0.4, 0.5) is 0 Å². The lowest BCUT2D eigenvalue weighted by Gasteiger charge is -2.27. The summed E-state index contributed by atoms with van der Waals surface area (Å²) < 4.78 is 0. The predicted octanol–water partition coefficient (Wildman–Crippen LogP) is 4.26. The van der Waals surface area contributed by atoms with E-state index in [1.165, 1.54) is 38.5 Å². The zero-order valence-electron chi connectivity index (χ0n) is 8.86. The molecule has 0 N–H and O–H groups in total. The molecule has 0 amide bonds. The molecule has 1 fully saturated rings. The van der Waals surface area contributed by atoms with E-state index in [-0.39, 0.29) is 0 Å². The van der Waals surface area contributed by atoms with Crippen molar-refractivity contribution in [3.05, 3.63) is 36.5 Å². The summed E-state index contributed by atoms with van der Waals surface area (Å²) >= 11 is 0. The van der Waals surface area contributed by atoms with Crippen LogP contribution in [-0.2, 0) is 0 Å². The summed E-state index contributed by atoms with van der Waals surface area (Å²) in [5, 5.41) is 0. The maximum Gasteiger partial charge on any atom is -0.0167 e. The molecule has 0 aromatic rings. The highest BCUT2D eigenvalue weighted by atomic mass is 14.2. The van der Waals surface area contributed by atoms with Crippen molar-refractivity contribution < 1.29 is 0 Å². The van der Waals surface area contributed by atoms with Gasteiger partial charge in [0.2, 0.25) is 0 Å². The normalized spacial score (nSPS) is 39.4. The molecule has 0 heterocycles. The predicted molar refractivity (Wildman–Crippen MR) is 62.1 cm³/mol. The SMILES string of the molecule is C1=C\[C@H]2CCCC[C@@H]2/C=C/CC/C=C/1. The molecule has 1 saturated carbocycles. The van der Waals surface area contributed by atoms with Crippen molar-refractivity contribution in [1.29, 1.82) is 0 Å². The molecule has 0 unspecified atom stereocenters. The van der Waals surface area contributed by atoms with Crippen molar-refractivity contribution in [2.45, 2.75) is 38.5 Å². The van der Waals surface area contributed by atoms with E-state index in [2.05, 4.69) is 36.5 Å². The van der Waals surface area contributed by atoms with Crippen molar-refractivity contribution in [3.8, 4) is 0 Å². The fourth-order valence-electron chi connectivity index (χ4n) is 2.51. The minimum atomic E-state index is 0.808. The van der Waals surface area contributed by atoms with E-state index in [1.54, 1.807) is 0 Å². The molecule has 76 valence electrons. The Balaban J connectivity index is 2.09. The van der Waals surface area contributed by atoms with Gasteiger partial charge in [-0.25, -0.2) is 0 Å². The Labute approximate surface area is 87.4 Å². The molecule has 0 nitrogen and oxygen atoms in total. The average molecular weight is 188 g/mol. The quantitative estimate of drug-likeness (QED) is 0.498. The molecule has 0 radical (unpaired) electrons. The molecule has 2 rings (SSSR count). The third-order valence-electron chi connectivity index (χ3n) is 3.36. The van der Waals surface area contributed by atoms with E-state index in [9.17, 15) is 0 Å². The van der Waals surface area contributed by atoms with Crippen LogP contribution in [0.15, 0.2) is 36.5 Å². The largest absolute Gasteiger partial charge is 0.0879 e. The first-order valence-corrected chi connectivity index (χ1v) is 5.97. The first-order chi connectivity index (χ1) is 6.97. The van der Waals surface area contributed by atoms with Crippen molar-refractivity contribution in [1.82, 2.24) is 0 Å². The summed E-state index contributed by atoms with van der Waals surface area (Å²) in [7, 11) is 0. The van der Waals surface area contributed by atoms with E-state index >= 15 is 0 Å². The zero-order chi connectivity index (χ0) is 9.64. The molecule has 0 saturated heterocycles. The number of hydrogen-bond acceptors (Lipinski definition) is 0. The van der Waals surface area contributed by atoms with Gasteiger partial charge in [-0.3, -0.25) is 0 Å². The van der Waals surface area contributed by atoms with Crippen LogP contribution in [-0.4, -0.2) is 0 Å². The van der Waals surface area contributed by atoms with Gasteiger partial charge in [0.05, 0.1) is 0 Å². The van der Waals surface area contributed by atoms with E-state index in [4.69, 9.17) is 0 Å². The van der Waals surface area contributed by atoms with E-state index in [0.29, 0.717) is 0 Å². The average Bonchev–Trinajstić information content (AvgIpc) is 2.25. The molecule has 0 bridgehead atoms. The first-order valence-electron chi connectivity index (χ1n) is 5.97. The molecule has 0 aromatic heterocycles. The Kier molecular flexibility index (Phi) is 3.62. The van der Waals surface area contributed by atoms with E-state index < -0.39 is 0 Å². The molecule has 0 spiro atoms. The highest BCUT2D eigenvalue weighted by Crippen LogP contribution is 2.32. The summed E-state index contributed by atoms with van der Waals surface area (Å²) in [6.45, 7) is 0. The lowest BCUT2D eigenvalue weighted by atomic mass is 9.78. The molecule has 0 heteroatoms. The van der Waals surface area contributed by atoms with Gasteiger partial charge in [0.25, 0.3) is 0 Å². The van der Waals surface area contributed by atoms with Gasteiger partial charge < -0.3 is 0 Å². The number of hydrogen-bond donors (Lipinski definition) is 0. The fraction of sp³-hybridized carbons (Fsp3) is 0.571. The van der Waals surface area contributed by atoms with Gasteiger partial charge in [-0.15, -0.1) is 0 Å². The highest BCUT2D eigenvalue weighted by Gasteiger charge is 2.20. The van der Waals surface area contributed by atoms with E-state index in [0.717, 1.165) is 11.8 Å². The Hall–Kier alpha value is -0.780. The van der Waals surface area contributed by atoms with Gasteiger partial charge in [0.1, 0.15) is 0 Å². The number of allylic oxidation sites excluding steroid dienone is 6. The lowest BCUT2D eigenvalue weighted by molar-refractivity contribution is 0.337. The second-order valence-corrected chi connectivity index (χ2v) is 4.43. The van der Waals surface area contributed by atoms with Gasteiger partial charge in [-0.2, -0.15) is 0 Å². The summed E-state index contributed by atoms with van der Waals surface area (Å²) in [5.41, 5.74) is 0. The zero-order valence-corrected chi connectivity index (χ0v) is 8.86. The smallest absolute Gasteiger partial charge is 0.0167 e. The Morgan fingerprint density at radius 1 is 0.714 bits per heavy atom. The molecule has 14 heavy (non-hydrogen) atoms. The Morgan fingerprint density at radius 2 is 1.43 bits per heavy atom. The van der Waals surface area contributed by atoms with Crippen LogP contribution in [0.1, 0.15) is 38.5 Å². The summed E-state index contributed by atoms with van der Waals surface area (Å²) in [6, 6.07) is 0. The lowest BCUT2D eigenvalue weighted by Crippen LogP contribution is -2.15. The second kappa shape index (κ2) is 5.19.